The number of urea groups is 1. The van der Waals surface area contributed by atoms with E-state index in [2.05, 4.69) is 47.5 Å². The van der Waals surface area contributed by atoms with E-state index in [4.69, 9.17) is 5.26 Å². The van der Waals surface area contributed by atoms with Gasteiger partial charge in [0.25, 0.3) is 0 Å². The van der Waals surface area contributed by atoms with Gasteiger partial charge in [-0.1, -0.05) is 24.3 Å². The second-order valence-corrected chi connectivity index (χ2v) is 6.28. The van der Waals surface area contributed by atoms with E-state index in [1.807, 2.05) is 17.0 Å². The molecule has 1 saturated heterocycles. The first kappa shape index (κ1) is 16.8. The number of anilines is 1. The predicted molar refractivity (Wildman–Crippen MR) is 98.4 cm³/mol. The maximum absolute atomic E-state index is 12.3. The molecule has 3 rings (SSSR count). The third kappa shape index (κ3) is 4.30. The first-order valence-corrected chi connectivity index (χ1v) is 8.49. The minimum absolute atomic E-state index is 0.0340. The summed E-state index contributed by atoms with van der Waals surface area (Å²) in [6.07, 6.45) is 0. The summed E-state index contributed by atoms with van der Waals surface area (Å²) in [6.45, 7) is 5.68. The maximum Gasteiger partial charge on any atom is 0.317 e. The number of benzene rings is 2. The summed E-state index contributed by atoms with van der Waals surface area (Å²) in [5, 5.41) is 11.8. The van der Waals surface area contributed by atoms with Crippen LogP contribution in [0, 0.1) is 18.3 Å². The third-order valence-corrected chi connectivity index (χ3v) is 4.46. The van der Waals surface area contributed by atoms with Crippen LogP contribution in [0.1, 0.15) is 16.7 Å². The second kappa shape index (κ2) is 7.71. The SMILES string of the molecule is Cc1cccc(N2CCN(C(=O)NCc3ccc(C#N)cc3)CC2)c1. The summed E-state index contributed by atoms with van der Waals surface area (Å²) < 4.78 is 0. The van der Waals surface area contributed by atoms with Crippen LogP contribution >= 0.6 is 0 Å². The van der Waals surface area contributed by atoms with Gasteiger partial charge < -0.3 is 15.1 Å². The lowest BCUT2D eigenvalue weighted by atomic mass is 10.1. The normalized spacial score (nSPS) is 14.1. The van der Waals surface area contributed by atoms with E-state index in [0.717, 1.165) is 18.7 Å². The number of nitrogens with one attached hydrogen (secondary N) is 1. The van der Waals surface area contributed by atoms with Gasteiger partial charge in [0.15, 0.2) is 0 Å². The lowest BCUT2D eigenvalue weighted by molar-refractivity contribution is 0.194. The van der Waals surface area contributed by atoms with Gasteiger partial charge in [-0.3, -0.25) is 0 Å². The summed E-state index contributed by atoms with van der Waals surface area (Å²) in [6, 6.07) is 17.8. The van der Waals surface area contributed by atoms with E-state index in [1.165, 1.54) is 11.3 Å². The lowest BCUT2D eigenvalue weighted by Gasteiger charge is -2.36. The van der Waals surface area contributed by atoms with Gasteiger partial charge in [0.05, 0.1) is 11.6 Å². The van der Waals surface area contributed by atoms with Gasteiger partial charge >= 0.3 is 6.03 Å². The molecule has 0 radical (unpaired) electrons. The number of aryl methyl sites for hydroxylation is 1. The van der Waals surface area contributed by atoms with E-state index < -0.39 is 0 Å². The molecule has 1 N–H and O–H groups in total. The Balaban J connectivity index is 1.49. The largest absolute Gasteiger partial charge is 0.368 e. The van der Waals surface area contributed by atoms with Crippen molar-refractivity contribution in [2.75, 3.05) is 31.1 Å². The minimum atomic E-state index is -0.0340. The molecule has 1 fully saturated rings. The smallest absolute Gasteiger partial charge is 0.317 e. The van der Waals surface area contributed by atoms with E-state index in [-0.39, 0.29) is 6.03 Å². The Kier molecular flexibility index (Phi) is 5.20. The number of carbonyl (C=O) groups is 1. The Bertz CT molecular complexity index is 771. The van der Waals surface area contributed by atoms with Crippen molar-refractivity contribution in [2.45, 2.75) is 13.5 Å². The van der Waals surface area contributed by atoms with E-state index >= 15 is 0 Å². The predicted octanol–water partition coefficient (Wildman–Crippen LogP) is 2.90. The van der Waals surface area contributed by atoms with Crippen molar-refractivity contribution in [1.82, 2.24) is 10.2 Å². The summed E-state index contributed by atoms with van der Waals surface area (Å²) in [5.74, 6) is 0. The quantitative estimate of drug-likeness (QED) is 0.939. The van der Waals surface area contributed by atoms with Gasteiger partial charge in [-0.05, 0) is 42.3 Å². The monoisotopic (exact) mass is 334 g/mol. The highest BCUT2D eigenvalue weighted by atomic mass is 16.2. The maximum atomic E-state index is 12.3. The molecule has 0 unspecified atom stereocenters. The number of hydrogen-bond donors (Lipinski definition) is 1. The van der Waals surface area contributed by atoms with Gasteiger partial charge in [-0.15, -0.1) is 0 Å². The molecule has 1 heterocycles. The zero-order chi connectivity index (χ0) is 17.6. The van der Waals surface area contributed by atoms with E-state index in [0.29, 0.717) is 25.2 Å². The van der Waals surface area contributed by atoms with Crippen molar-refractivity contribution in [3.05, 3.63) is 65.2 Å². The number of hydrogen-bond acceptors (Lipinski definition) is 3. The third-order valence-electron chi connectivity index (χ3n) is 4.46. The molecule has 2 aromatic carbocycles. The molecular formula is C20H22N4O. The molecule has 0 spiro atoms. The molecule has 0 aromatic heterocycles. The van der Waals surface area contributed by atoms with Crippen molar-refractivity contribution in [1.29, 1.82) is 5.26 Å². The summed E-state index contributed by atoms with van der Waals surface area (Å²) in [4.78, 5) is 16.5. The molecule has 2 aromatic rings. The van der Waals surface area contributed by atoms with Gasteiger partial charge in [-0.2, -0.15) is 5.26 Å². The number of nitriles is 1. The summed E-state index contributed by atoms with van der Waals surface area (Å²) in [7, 11) is 0. The Labute approximate surface area is 148 Å². The molecule has 0 bridgehead atoms. The van der Waals surface area contributed by atoms with Crippen LogP contribution in [0.5, 0.6) is 0 Å². The number of rotatable bonds is 3. The molecule has 1 aliphatic heterocycles. The van der Waals surface area contributed by atoms with Crippen molar-refractivity contribution in [3.8, 4) is 6.07 Å². The molecule has 1 aliphatic rings. The minimum Gasteiger partial charge on any atom is -0.368 e. The highest BCUT2D eigenvalue weighted by Gasteiger charge is 2.21. The average molecular weight is 334 g/mol. The van der Waals surface area contributed by atoms with E-state index in [9.17, 15) is 4.79 Å². The molecular weight excluding hydrogens is 312 g/mol. The first-order valence-electron chi connectivity index (χ1n) is 8.49. The van der Waals surface area contributed by atoms with Gasteiger partial charge in [0.2, 0.25) is 0 Å². The fourth-order valence-corrected chi connectivity index (χ4v) is 2.98. The van der Waals surface area contributed by atoms with Gasteiger partial charge in [0, 0.05) is 38.4 Å². The number of nitrogens with zero attached hydrogens (tertiary/aromatic N) is 3. The van der Waals surface area contributed by atoms with Gasteiger partial charge in [-0.25, -0.2) is 4.79 Å². The standard InChI is InChI=1S/C20H22N4O/c1-16-3-2-4-19(13-16)23-9-11-24(12-10-23)20(25)22-15-18-7-5-17(14-21)6-8-18/h2-8,13H,9-12,15H2,1H3,(H,22,25). The number of carbonyl (C=O) groups excluding carboxylic acids is 1. The first-order chi connectivity index (χ1) is 12.2. The van der Waals surface area contributed by atoms with Crippen LogP contribution in [0.25, 0.3) is 0 Å². The van der Waals surface area contributed by atoms with Crippen molar-refractivity contribution in [3.63, 3.8) is 0 Å². The van der Waals surface area contributed by atoms with Crippen LogP contribution in [0.3, 0.4) is 0 Å². The zero-order valence-corrected chi connectivity index (χ0v) is 14.4. The van der Waals surface area contributed by atoms with Crippen LogP contribution in [0.4, 0.5) is 10.5 Å². The average Bonchev–Trinajstić information content (AvgIpc) is 2.66. The fourth-order valence-electron chi connectivity index (χ4n) is 2.98. The Morgan fingerprint density at radius 1 is 1.12 bits per heavy atom. The summed E-state index contributed by atoms with van der Waals surface area (Å²) >= 11 is 0. The van der Waals surface area contributed by atoms with E-state index in [1.54, 1.807) is 12.1 Å². The number of piperazine rings is 1. The molecule has 128 valence electrons. The summed E-state index contributed by atoms with van der Waals surface area (Å²) in [5.41, 5.74) is 4.09. The molecule has 25 heavy (non-hydrogen) atoms. The molecule has 5 nitrogen and oxygen atoms in total. The molecule has 2 amide bonds. The molecule has 0 aliphatic carbocycles. The van der Waals surface area contributed by atoms with Crippen LogP contribution in [0.15, 0.2) is 48.5 Å². The molecule has 5 heteroatoms. The Morgan fingerprint density at radius 2 is 1.84 bits per heavy atom. The lowest BCUT2D eigenvalue weighted by Crippen LogP contribution is -2.51. The van der Waals surface area contributed by atoms with Crippen LogP contribution in [-0.4, -0.2) is 37.1 Å². The van der Waals surface area contributed by atoms with Crippen LogP contribution in [0.2, 0.25) is 0 Å². The fraction of sp³-hybridized carbons (Fsp3) is 0.300. The Hall–Kier alpha value is -3.00. The van der Waals surface area contributed by atoms with Crippen LogP contribution < -0.4 is 10.2 Å². The number of amides is 2. The van der Waals surface area contributed by atoms with Gasteiger partial charge in [0.1, 0.15) is 0 Å². The zero-order valence-electron chi connectivity index (χ0n) is 14.4. The van der Waals surface area contributed by atoms with Crippen LogP contribution in [-0.2, 0) is 6.54 Å². The molecule has 0 atom stereocenters. The Morgan fingerprint density at radius 3 is 2.48 bits per heavy atom. The van der Waals surface area contributed by atoms with Crippen molar-refractivity contribution >= 4 is 11.7 Å². The van der Waals surface area contributed by atoms with Crippen molar-refractivity contribution < 1.29 is 4.79 Å². The highest BCUT2D eigenvalue weighted by Crippen LogP contribution is 2.17. The topological polar surface area (TPSA) is 59.4 Å². The molecule has 0 saturated carbocycles. The van der Waals surface area contributed by atoms with Crippen molar-refractivity contribution in [2.24, 2.45) is 0 Å². The second-order valence-electron chi connectivity index (χ2n) is 6.28. The highest BCUT2D eigenvalue weighted by molar-refractivity contribution is 5.74.